The van der Waals surface area contributed by atoms with Gasteiger partial charge in [0.1, 0.15) is 5.75 Å². The van der Waals surface area contributed by atoms with Crippen molar-refractivity contribution in [2.75, 3.05) is 31.2 Å². The molecule has 0 radical (unpaired) electrons. The topological polar surface area (TPSA) is 62.2 Å². The van der Waals surface area contributed by atoms with Gasteiger partial charge in [0.2, 0.25) is 0 Å². The lowest BCUT2D eigenvalue weighted by Crippen LogP contribution is -2.36. The van der Waals surface area contributed by atoms with Gasteiger partial charge in [0, 0.05) is 13.1 Å². The molecule has 0 unspecified atom stereocenters. The molecule has 0 saturated carbocycles. The predicted octanol–water partition coefficient (Wildman–Crippen LogP) is -0.129. The first-order chi connectivity index (χ1) is 7.77. The summed E-state index contributed by atoms with van der Waals surface area (Å²) in [6, 6.07) is 7.29. The highest BCUT2D eigenvalue weighted by Gasteiger charge is 2.18. The fraction of sp³-hybridized carbons (Fsp3) is 0.400. The van der Waals surface area contributed by atoms with Gasteiger partial charge in [-0.05, 0) is 12.1 Å². The minimum Gasteiger partial charge on any atom is -0.510 e. The molecule has 5 nitrogen and oxygen atoms in total. The van der Waals surface area contributed by atoms with Gasteiger partial charge in [0.15, 0.2) is 0 Å². The van der Waals surface area contributed by atoms with Gasteiger partial charge in [-0.2, -0.15) is 0 Å². The summed E-state index contributed by atoms with van der Waals surface area (Å²) in [6.45, 7) is 2.91. The monoisotopic (exact) mass is 223 g/mol. The molecule has 0 spiro atoms. The molecule has 1 aromatic rings. The van der Waals surface area contributed by atoms with Crippen LogP contribution in [0.2, 0.25) is 0 Å². The Morgan fingerprint density at radius 2 is 1.88 bits per heavy atom. The van der Waals surface area contributed by atoms with Crippen LogP contribution in [0.4, 0.5) is 5.69 Å². The van der Waals surface area contributed by atoms with Crippen molar-refractivity contribution in [3.63, 3.8) is 0 Å². The highest BCUT2D eigenvalue weighted by atomic mass is 16.6. The number of nitrogens with zero attached hydrogens (tertiary/aromatic N) is 1. The summed E-state index contributed by atoms with van der Waals surface area (Å²) in [5.41, 5.74) is 0.860. The number of hydrogen-bond donors (Lipinski definition) is 2. The van der Waals surface area contributed by atoms with E-state index < -0.39 is 7.32 Å². The van der Waals surface area contributed by atoms with E-state index in [1.807, 2.05) is 12.1 Å². The Bertz CT molecular complexity index is 341. The summed E-state index contributed by atoms with van der Waals surface area (Å²) < 4.78 is 10.2. The maximum absolute atomic E-state index is 8.82. The Hall–Kier alpha value is -1.24. The summed E-state index contributed by atoms with van der Waals surface area (Å²) in [6.07, 6.45) is 0. The van der Waals surface area contributed by atoms with Crippen molar-refractivity contribution in [3.8, 4) is 5.75 Å². The van der Waals surface area contributed by atoms with E-state index >= 15 is 0 Å². The van der Waals surface area contributed by atoms with Crippen LogP contribution in [0.1, 0.15) is 0 Å². The second-order valence-electron chi connectivity index (χ2n) is 3.51. The molecular formula is C10H14BNO4. The van der Waals surface area contributed by atoms with Crippen molar-refractivity contribution in [3.05, 3.63) is 24.3 Å². The Morgan fingerprint density at radius 3 is 2.56 bits per heavy atom. The van der Waals surface area contributed by atoms with Crippen LogP contribution < -0.4 is 9.55 Å². The average Bonchev–Trinajstić information content (AvgIpc) is 2.30. The quantitative estimate of drug-likeness (QED) is 0.699. The Labute approximate surface area is 94.4 Å². The Kier molecular flexibility index (Phi) is 3.66. The molecule has 1 saturated heterocycles. The van der Waals surface area contributed by atoms with Gasteiger partial charge in [-0.1, -0.05) is 12.1 Å². The largest absolute Gasteiger partial charge is 0.707 e. The molecule has 0 amide bonds. The molecule has 1 aliphatic heterocycles. The summed E-state index contributed by atoms with van der Waals surface area (Å²) in [5, 5.41) is 17.6. The van der Waals surface area contributed by atoms with E-state index in [1.54, 1.807) is 12.1 Å². The zero-order valence-corrected chi connectivity index (χ0v) is 8.87. The summed E-state index contributed by atoms with van der Waals surface area (Å²) in [7, 11) is -1.79. The maximum atomic E-state index is 8.82. The standard InChI is InChI=1S/C10H14BNO4/c13-11(14)16-10-4-2-1-3-9(10)12-5-7-15-8-6-12/h1-4,13-14H,5-8H2. The fourth-order valence-electron chi connectivity index (χ4n) is 1.74. The van der Waals surface area contributed by atoms with Crippen LogP contribution in [-0.2, 0) is 4.74 Å². The van der Waals surface area contributed by atoms with Crippen molar-refractivity contribution in [2.45, 2.75) is 0 Å². The van der Waals surface area contributed by atoms with Gasteiger partial charge in [0.25, 0.3) is 0 Å². The minimum absolute atomic E-state index is 0.472. The number of benzene rings is 1. The van der Waals surface area contributed by atoms with Crippen molar-refractivity contribution >= 4 is 13.0 Å². The summed E-state index contributed by atoms with van der Waals surface area (Å²) in [5.74, 6) is 0.472. The number of ether oxygens (including phenoxy) is 1. The highest BCUT2D eigenvalue weighted by Crippen LogP contribution is 2.28. The number of anilines is 1. The van der Waals surface area contributed by atoms with Crippen LogP contribution in [0, 0.1) is 0 Å². The molecule has 0 aliphatic carbocycles. The molecule has 16 heavy (non-hydrogen) atoms. The van der Waals surface area contributed by atoms with E-state index in [1.165, 1.54) is 0 Å². The molecule has 1 fully saturated rings. The lowest BCUT2D eigenvalue weighted by molar-refractivity contribution is 0.122. The number of morpholine rings is 1. The predicted molar refractivity (Wildman–Crippen MR) is 60.3 cm³/mol. The zero-order chi connectivity index (χ0) is 11.4. The van der Waals surface area contributed by atoms with E-state index in [9.17, 15) is 0 Å². The second-order valence-corrected chi connectivity index (χ2v) is 3.51. The van der Waals surface area contributed by atoms with Crippen molar-refractivity contribution < 1.29 is 19.4 Å². The van der Waals surface area contributed by atoms with Crippen molar-refractivity contribution in [1.82, 2.24) is 0 Å². The van der Waals surface area contributed by atoms with Gasteiger partial charge in [-0.25, -0.2) is 0 Å². The maximum Gasteiger partial charge on any atom is 0.707 e. The molecule has 1 aliphatic rings. The molecule has 0 bridgehead atoms. The smallest absolute Gasteiger partial charge is 0.510 e. The Balaban J connectivity index is 2.17. The SMILES string of the molecule is OB(O)Oc1ccccc1N1CCOCC1. The summed E-state index contributed by atoms with van der Waals surface area (Å²) >= 11 is 0. The first-order valence-electron chi connectivity index (χ1n) is 5.22. The third kappa shape index (κ3) is 2.66. The lowest BCUT2D eigenvalue weighted by atomic mass is 10.2. The molecular weight excluding hydrogens is 209 g/mol. The number of hydrogen-bond acceptors (Lipinski definition) is 5. The van der Waals surface area contributed by atoms with E-state index in [0.29, 0.717) is 19.0 Å². The third-order valence-electron chi connectivity index (χ3n) is 2.45. The van der Waals surface area contributed by atoms with E-state index in [-0.39, 0.29) is 0 Å². The van der Waals surface area contributed by atoms with Crippen LogP contribution >= 0.6 is 0 Å². The van der Waals surface area contributed by atoms with Gasteiger partial charge >= 0.3 is 7.32 Å². The molecule has 1 heterocycles. The Morgan fingerprint density at radius 1 is 1.19 bits per heavy atom. The van der Waals surface area contributed by atoms with Crippen LogP contribution in [-0.4, -0.2) is 43.7 Å². The second kappa shape index (κ2) is 5.20. The number of para-hydroxylation sites is 2. The number of rotatable bonds is 3. The minimum atomic E-state index is -1.79. The molecule has 0 aromatic heterocycles. The molecule has 0 atom stereocenters. The van der Waals surface area contributed by atoms with Crippen LogP contribution in [0.25, 0.3) is 0 Å². The zero-order valence-electron chi connectivity index (χ0n) is 8.87. The highest BCUT2D eigenvalue weighted by molar-refractivity contribution is 6.34. The molecule has 2 N–H and O–H groups in total. The van der Waals surface area contributed by atoms with Crippen LogP contribution in [0.15, 0.2) is 24.3 Å². The molecule has 86 valence electrons. The lowest BCUT2D eigenvalue weighted by Gasteiger charge is -2.30. The van der Waals surface area contributed by atoms with Crippen molar-refractivity contribution in [1.29, 1.82) is 0 Å². The third-order valence-corrected chi connectivity index (χ3v) is 2.45. The van der Waals surface area contributed by atoms with Crippen molar-refractivity contribution in [2.24, 2.45) is 0 Å². The molecule has 1 aromatic carbocycles. The van der Waals surface area contributed by atoms with E-state index in [4.69, 9.17) is 19.4 Å². The van der Waals surface area contributed by atoms with Gasteiger partial charge in [-0.3, -0.25) is 0 Å². The van der Waals surface area contributed by atoms with E-state index in [0.717, 1.165) is 18.8 Å². The normalized spacial score (nSPS) is 16.0. The van der Waals surface area contributed by atoms with Gasteiger partial charge in [0.05, 0.1) is 18.9 Å². The van der Waals surface area contributed by atoms with Crippen LogP contribution in [0.3, 0.4) is 0 Å². The first kappa shape index (κ1) is 11.3. The molecule has 2 rings (SSSR count). The van der Waals surface area contributed by atoms with Gasteiger partial charge < -0.3 is 24.3 Å². The van der Waals surface area contributed by atoms with Gasteiger partial charge in [-0.15, -0.1) is 0 Å². The first-order valence-corrected chi connectivity index (χ1v) is 5.22. The molecule has 6 heteroatoms. The van der Waals surface area contributed by atoms with Crippen LogP contribution in [0.5, 0.6) is 5.75 Å². The fourth-order valence-corrected chi connectivity index (χ4v) is 1.74. The average molecular weight is 223 g/mol. The summed E-state index contributed by atoms with van der Waals surface area (Å²) in [4.78, 5) is 2.10. The van der Waals surface area contributed by atoms with E-state index in [2.05, 4.69) is 4.90 Å².